The number of aromatic nitrogens is 6. The van der Waals surface area contributed by atoms with Crippen LogP contribution in [-0.4, -0.2) is 29.7 Å². The van der Waals surface area contributed by atoms with E-state index in [4.69, 9.17) is 11.6 Å². The van der Waals surface area contributed by atoms with Crippen LogP contribution in [0.25, 0.3) is 10.2 Å². The van der Waals surface area contributed by atoms with Crippen molar-refractivity contribution in [3.05, 3.63) is 47.1 Å². The molecule has 0 radical (unpaired) electrons. The first kappa shape index (κ1) is 18.4. The zero-order valence-electron chi connectivity index (χ0n) is 14.9. The van der Waals surface area contributed by atoms with Gasteiger partial charge in [0.05, 0.1) is 16.0 Å². The van der Waals surface area contributed by atoms with Gasteiger partial charge < -0.3 is 4.57 Å². The summed E-state index contributed by atoms with van der Waals surface area (Å²) in [5.41, 5.74) is 1.04. The fourth-order valence-electron chi connectivity index (χ4n) is 2.68. The number of hydrogen-bond donors (Lipinski definition) is 0. The lowest BCUT2D eigenvalue weighted by Gasteiger charge is -2.05. The third kappa shape index (κ3) is 3.89. The van der Waals surface area contributed by atoms with E-state index in [1.165, 1.54) is 16.5 Å². The molecule has 5 rings (SSSR count). The second-order valence-electron chi connectivity index (χ2n) is 6.46. The maximum Gasteiger partial charge on any atom is 0.197 e. The van der Waals surface area contributed by atoms with Crippen molar-refractivity contribution in [1.82, 2.24) is 29.7 Å². The Morgan fingerprint density at radius 3 is 2.86 bits per heavy atom. The summed E-state index contributed by atoms with van der Waals surface area (Å²) in [6.07, 6.45) is 2.28. The molecule has 6 nitrogen and oxygen atoms in total. The van der Waals surface area contributed by atoms with Gasteiger partial charge in [0.25, 0.3) is 0 Å². The Bertz CT molecular complexity index is 1120. The number of rotatable bonds is 6. The highest BCUT2D eigenvalue weighted by atomic mass is 35.5. The minimum atomic E-state index is 0.457. The largest absolute Gasteiger partial charge is 0.308 e. The average molecular weight is 447 g/mol. The number of nitrogens with zero attached hydrogens (tertiary/aromatic N) is 6. The van der Waals surface area contributed by atoms with E-state index in [0.29, 0.717) is 16.8 Å². The van der Waals surface area contributed by atoms with E-state index in [-0.39, 0.29) is 0 Å². The highest BCUT2D eigenvalue weighted by Gasteiger charge is 2.27. The molecule has 0 unspecified atom stereocenters. The van der Waals surface area contributed by atoms with Crippen molar-refractivity contribution in [2.24, 2.45) is 7.05 Å². The molecule has 0 aliphatic heterocycles. The number of fused-ring (bicyclic) bond motifs is 1. The first-order valence-corrected chi connectivity index (χ1v) is 11.7. The van der Waals surface area contributed by atoms with Gasteiger partial charge in [0.1, 0.15) is 21.8 Å². The predicted octanol–water partition coefficient (Wildman–Crippen LogP) is 5.19. The van der Waals surface area contributed by atoms with Crippen molar-refractivity contribution in [2.45, 2.75) is 39.0 Å². The van der Waals surface area contributed by atoms with Gasteiger partial charge >= 0.3 is 0 Å². The van der Waals surface area contributed by atoms with E-state index in [2.05, 4.69) is 31.2 Å². The molecule has 1 aliphatic carbocycles. The fraction of sp³-hybridized carbons (Fsp3) is 0.278. The van der Waals surface area contributed by atoms with Gasteiger partial charge in [-0.25, -0.2) is 15.0 Å². The molecule has 1 fully saturated rings. The average Bonchev–Trinajstić information content (AvgIpc) is 3.37. The lowest BCUT2D eigenvalue weighted by Crippen LogP contribution is -1.99. The van der Waals surface area contributed by atoms with Crippen LogP contribution in [0.15, 0.2) is 44.9 Å². The monoisotopic (exact) mass is 446 g/mol. The van der Waals surface area contributed by atoms with E-state index in [0.717, 1.165) is 44.5 Å². The standard InChI is InChI=1S/C18H15ClN6S3/c1-25-14(9-26-18-20-11-4-2-3-5-12(11)27-18)23-24-17(25)28-15-8-13(19)21-16(22-15)10-6-7-10/h2-5,8,10H,6-7,9H2,1H3. The lowest BCUT2D eigenvalue weighted by atomic mass is 10.3. The van der Waals surface area contributed by atoms with Gasteiger partial charge in [-0.3, -0.25) is 0 Å². The van der Waals surface area contributed by atoms with Crippen molar-refractivity contribution < 1.29 is 0 Å². The number of benzene rings is 1. The van der Waals surface area contributed by atoms with Crippen molar-refractivity contribution in [3.63, 3.8) is 0 Å². The van der Waals surface area contributed by atoms with Gasteiger partial charge in [0.15, 0.2) is 9.50 Å². The Morgan fingerprint density at radius 2 is 2.04 bits per heavy atom. The molecule has 0 spiro atoms. The van der Waals surface area contributed by atoms with Gasteiger partial charge in [-0.15, -0.1) is 21.5 Å². The topological polar surface area (TPSA) is 69.4 Å². The van der Waals surface area contributed by atoms with Crippen LogP contribution in [0, 0.1) is 0 Å². The summed E-state index contributed by atoms with van der Waals surface area (Å²) in [4.78, 5) is 13.6. The van der Waals surface area contributed by atoms with Crippen LogP contribution in [0.3, 0.4) is 0 Å². The first-order valence-electron chi connectivity index (χ1n) is 8.74. The molecule has 0 N–H and O–H groups in total. The van der Waals surface area contributed by atoms with E-state index < -0.39 is 0 Å². The molecule has 0 amide bonds. The van der Waals surface area contributed by atoms with Crippen molar-refractivity contribution in [3.8, 4) is 0 Å². The van der Waals surface area contributed by atoms with E-state index in [9.17, 15) is 0 Å². The molecule has 3 aromatic heterocycles. The fourth-order valence-corrected chi connectivity index (χ4v) is 5.80. The molecule has 0 atom stereocenters. The highest BCUT2D eigenvalue weighted by molar-refractivity contribution is 8.00. The number of thiazole rings is 1. The highest BCUT2D eigenvalue weighted by Crippen LogP contribution is 2.39. The Kier molecular flexibility index (Phi) is 5.00. The Morgan fingerprint density at radius 1 is 1.18 bits per heavy atom. The predicted molar refractivity (Wildman–Crippen MR) is 113 cm³/mol. The zero-order valence-corrected chi connectivity index (χ0v) is 18.1. The summed E-state index contributed by atoms with van der Waals surface area (Å²) in [6.45, 7) is 0. The Labute approximate surface area is 179 Å². The van der Waals surface area contributed by atoms with Crippen LogP contribution in [-0.2, 0) is 12.8 Å². The van der Waals surface area contributed by atoms with Crippen LogP contribution in [0.5, 0.6) is 0 Å². The SMILES string of the molecule is Cn1c(CSc2nc3ccccc3s2)nnc1Sc1cc(Cl)nc(C2CC2)n1. The third-order valence-electron chi connectivity index (χ3n) is 4.35. The van der Waals surface area contributed by atoms with E-state index in [1.54, 1.807) is 29.2 Å². The summed E-state index contributed by atoms with van der Waals surface area (Å²) in [7, 11) is 1.97. The van der Waals surface area contributed by atoms with Gasteiger partial charge in [0.2, 0.25) is 0 Å². The molecule has 0 saturated heterocycles. The van der Waals surface area contributed by atoms with E-state index in [1.807, 2.05) is 29.8 Å². The molecule has 0 bridgehead atoms. The summed E-state index contributed by atoms with van der Waals surface area (Å²) < 4.78 is 4.24. The quantitative estimate of drug-likeness (QED) is 0.298. The molecular weight excluding hydrogens is 432 g/mol. The molecule has 10 heteroatoms. The molecule has 1 aliphatic rings. The molecular formula is C18H15ClN6S3. The molecule has 3 heterocycles. The normalized spacial score (nSPS) is 14.1. The second kappa shape index (κ2) is 7.62. The number of para-hydroxylation sites is 1. The summed E-state index contributed by atoms with van der Waals surface area (Å²) in [5, 5.41) is 10.7. The maximum absolute atomic E-state index is 6.17. The van der Waals surface area contributed by atoms with Gasteiger partial charge in [-0.05, 0) is 36.7 Å². The van der Waals surface area contributed by atoms with Crippen LogP contribution >= 0.6 is 46.5 Å². The minimum absolute atomic E-state index is 0.457. The molecule has 28 heavy (non-hydrogen) atoms. The lowest BCUT2D eigenvalue weighted by molar-refractivity contribution is 0.759. The van der Waals surface area contributed by atoms with Crippen LogP contribution in [0.2, 0.25) is 5.15 Å². The summed E-state index contributed by atoms with van der Waals surface area (Å²) in [5.74, 6) is 2.90. The number of hydrogen-bond acceptors (Lipinski definition) is 8. The van der Waals surface area contributed by atoms with Crippen LogP contribution < -0.4 is 0 Å². The molecule has 1 aromatic carbocycles. The van der Waals surface area contributed by atoms with Crippen molar-refractivity contribution >= 4 is 56.7 Å². The summed E-state index contributed by atoms with van der Waals surface area (Å²) >= 11 is 11.0. The van der Waals surface area contributed by atoms with Crippen LogP contribution in [0.1, 0.15) is 30.4 Å². The smallest absolute Gasteiger partial charge is 0.197 e. The molecule has 1 saturated carbocycles. The van der Waals surface area contributed by atoms with Crippen molar-refractivity contribution in [1.29, 1.82) is 0 Å². The number of thioether (sulfide) groups is 1. The Balaban J connectivity index is 1.30. The molecule has 4 aromatic rings. The van der Waals surface area contributed by atoms with Gasteiger partial charge in [-0.2, -0.15) is 0 Å². The Hall–Kier alpha value is -1.68. The van der Waals surface area contributed by atoms with E-state index >= 15 is 0 Å². The van der Waals surface area contributed by atoms with Crippen LogP contribution in [0.4, 0.5) is 0 Å². The molecule has 142 valence electrons. The van der Waals surface area contributed by atoms with Crippen molar-refractivity contribution in [2.75, 3.05) is 0 Å². The number of halogens is 1. The third-order valence-corrected chi connectivity index (χ3v) is 7.68. The summed E-state index contributed by atoms with van der Waals surface area (Å²) in [6, 6.07) is 9.96. The first-order chi connectivity index (χ1) is 13.7. The van der Waals surface area contributed by atoms with Gasteiger partial charge in [-0.1, -0.05) is 35.5 Å². The van der Waals surface area contributed by atoms with Gasteiger partial charge in [0, 0.05) is 19.0 Å². The minimum Gasteiger partial charge on any atom is -0.308 e. The zero-order chi connectivity index (χ0) is 19.1. The second-order valence-corrected chi connectivity index (χ2v) is 10.1. The maximum atomic E-state index is 6.17.